The van der Waals surface area contributed by atoms with E-state index in [2.05, 4.69) is 5.32 Å². The van der Waals surface area contributed by atoms with Crippen LogP contribution in [0.4, 0.5) is 13.2 Å². The minimum atomic E-state index is -3.06. The Bertz CT molecular complexity index is 784. The first-order valence-electron chi connectivity index (χ1n) is 6.75. The number of carbonyl (C=O) groups is 1. The number of nitrogens with two attached hydrogens (primary N) is 1. The topological polar surface area (TPSA) is 73.6 Å². The van der Waals surface area contributed by atoms with E-state index in [1.807, 2.05) is 0 Å². The number of rotatable bonds is 4. The highest BCUT2D eigenvalue weighted by atomic mass is 35.5. The van der Waals surface area contributed by atoms with E-state index in [-0.39, 0.29) is 10.7 Å². The molecule has 136 valence electrons. The number of nitrogens with one attached hydrogen (secondary N) is 1. The van der Waals surface area contributed by atoms with Crippen molar-refractivity contribution in [3.05, 3.63) is 51.0 Å². The van der Waals surface area contributed by atoms with E-state index in [0.717, 1.165) is 14.2 Å². The summed E-state index contributed by atoms with van der Waals surface area (Å²) in [6.07, 6.45) is -0.484. The SMILES string of the molecule is COC(=O)C1(c2c(F)cc(C(F)F)c(OC)c2Cl)NC=CC(N)=C1Cl. The van der Waals surface area contributed by atoms with Crippen molar-refractivity contribution < 1.29 is 27.4 Å². The average molecular weight is 397 g/mol. The fraction of sp³-hybridized carbons (Fsp3) is 0.267. The molecule has 0 saturated heterocycles. The van der Waals surface area contributed by atoms with Crippen LogP contribution in [0.5, 0.6) is 5.75 Å². The van der Waals surface area contributed by atoms with Gasteiger partial charge < -0.3 is 20.5 Å². The van der Waals surface area contributed by atoms with Gasteiger partial charge in [-0.3, -0.25) is 0 Å². The second-order valence-corrected chi connectivity index (χ2v) is 5.72. The molecule has 1 aliphatic rings. The van der Waals surface area contributed by atoms with Gasteiger partial charge in [-0.05, 0) is 18.3 Å². The molecule has 1 heterocycles. The number of methoxy groups -OCH3 is 2. The van der Waals surface area contributed by atoms with E-state index in [1.54, 1.807) is 0 Å². The zero-order valence-corrected chi connectivity index (χ0v) is 14.5. The lowest BCUT2D eigenvalue weighted by Gasteiger charge is -2.35. The van der Waals surface area contributed by atoms with Crippen molar-refractivity contribution in [2.45, 2.75) is 12.0 Å². The molecule has 0 bridgehead atoms. The van der Waals surface area contributed by atoms with Crippen molar-refractivity contribution in [3.63, 3.8) is 0 Å². The molecule has 1 atom stereocenters. The summed E-state index contributed by atoms with van der Waals surface area (Å²) >= 11 is 12.3. The van der Waals surface area contributed by atoms with E-state index in [1.165, 1.54) is 12.3 Å². The van der Waals surface area contributed by atoms with Gasteiger partial charge in [0.1, 0.15) is 11.6 Å². The maximum absolute atomic E-state index is 14.7. The van der Waals surface area contributed by atoms with E-state index in [9.17, 15) is 18.0 Å². The van der Waals surface area contributed by atoms with Gasteiger partial charge in [-0.2, -0.15) is 0 Å². The standard InChI is InChI=1S/C15H13Cl2F3N2O3/c1-24-11-6(13(19)20)5-7(18)9(10(11)16)15(14(23)25-2)12(17)8(21)3-4-22-15/h3-5,13,22H,21H2,1-2H3. The number of carbonyl (C=O) groups excluding carboxylic acids is 1. The fourth-order valence-corrected chi connectivity index (χ4v) is 3.24. The van der Waals surface area contributed by atoms with Gasteiger partial charge in [-0.25, -0.2) is 18.0 Å². The number of ether oxygens (including phenoxy) is 2. The summed E-state index contributed by atoms with van der Waals surface area (Å²) in [6.45, 7) is 0. The van der Waals surface area contributed by atoms with E-state index >= 15 is 0 Å². The lowest BCUT2D eigenvalue weighted by Crippen LogP contribution is -2.51. The smallest absolute Gasteiger partial charge is 0.342 e. The van der Waals surface area contributed by atoms with Gasteiger partial charge in [0.25, 0.3) is 6.43 Å². The van der Waals surface area contributed by atoms with Crippen molar-refractivity contribution in [2.75, 3.05) is 14.2 Å². The predicted molar refractivity (Wildman–Crippen MR) is 86.0 cm³/mol. The maximum Gasteiger partial charge on any atom is 0.342 e. The summed E-state index contributed by atoms with van der Waals surface area (Å²) in [4.78, 5) is 12.5. The lowest BCUT2D eigenvalue weighted by molar-refractivity contribution is -0.146. The molecule has 0 spiro atoms. The first-order chi connectivity index (χ1) is 11.7. The molecule has 5 nitrogen and oxygen atoms in total. The molecular formula is C15H13Cl2F3N2O3. The molecule has 1 unspecified atom stereocenters. The fourth-order valence-electron chi connectivity index (χ4n) is 2.53. The molecule has 0 aromatic heterocycles. The summed E-state index contributed by atoms with van der Waals surface area (Å²) in [5.74, 6) is -2.74. The van der Waals surface area contributed by atoms with Crippen LogP contribution in [0.25, 0.3) is 0 Å². The normalized spacial score (nSPS) is 19.8. The molecule has 0 radical (unpaired) electrons. The van der Waals surface area contributed by atoms with E-state index in [0.29, 0.717) is 6.07 Å². The van der Waals surface area contributed by atoms with E-state index < -0.39 is 45.6 Å². The number of dihydropyridines is 1. The monoisotopic (exact) mass is 396 g/mol. The molecule has 0 fully saturated rings. The third-order valence-electron chi connectivity index (χ3n) is 3.65. The molecule has 0 saturated carbocycles. The molecule has 1 aromatic carbocycles. The van der Waals surface area contributed by atoms with Crippen molar-refractivity contribution >= 4 is 29.2 Å². The van der Waals surface area contributed by atoms with Crippen LogP contribution in [0.3, 0.4) is 0 Å². The molecule has 0 amide bonds. The summed E-state index contributed by atoms with van der Waals surface area (Å²) in [5, 5.41) is 1.69. The Morgan fingerprint density at radius 2 is 2.00 bits per heavy atom. The summed E-state index contributed by atoms with van der Waals surface area (Å²) < 4.78 is 50.6. The number of alkyl halides is 2. The molecule has 25 heavy (non-hydrogen) atoms. The van der Waals surface area contributed by atoms with Crippen LogP contribution in [0.2, 0.25) is 5.02 Å². The zero-order chi connectivity index (χ0) is 18.9. The summed E-state index contributed by atoms with van der Waals surface area (Å²) in [5.41, 5.74) is 2.21. The highest BCUT2D eigenvalue weighted by molar-refractivity contribution is 6.36. The molecule has 1 aliphatic heterocycles. The largest absolute Gasteiger partial charge is 0.495 e. The number of hydrogen-bond donors (Lipinski definition) is 2. The van der Waals surface area contributed by atoms with Crippen molar-refractivity contribution in [1.82, 2.24) is 5.32 Å². The predicted octanol–water partition coefficient (Wildman–Crippen LogP) is 3.32. The first kappa shape index (κ1) is 19.3. The zero-order valence-electron chi connectivity index (χ0n) is 13.0. The number of halogens is 5. The Hall–Kier alpha value is -2.06. The van der Waals surface area contributed by atoms with Crippen molar-refractivity contribution in [1.29, 1.82) is 0 Å². The van der Waals surface area contributed by atoms with Crippen LogP contribution in [0.15, 0.2) is 29.1 Å². The summed E-state index contributed by atoms with van der Waals surface area (Å²) in [7, 11) is 2.13. The number of benzene rings is 1. The third-order valence-corrected chi connectivity index (χ3v) is 4.52. The molecule has 10 heteroatoms. The van der Waals surface area contributed by atoms with Crippen molar-refractivity contribution in [3.8, 4) is 5.75 Å². The average Bonchev–Trinajstić information content (AvgIpc) is 2.57. The van der Waals surface area contributed by atoms with Gasteiger partial charge in [0.05, 0.1) is 41.1 Å². The Morgan fingerprint density at radius 1 is 1.36 bits per heavy atom. The Labute approximate surface area is 151 Å². The molecule has 2 rings (SSSR count). The number of allylic oxidation sites excluding steroid dienone is 1. The number of esters is 1. The lowest BCUT2D eigenvalue weighted by atomic mass is 9.85. The highest BCUT2D eigenvalue weighted by Gasteiger charge is 2.50. The van der Waals surface area contributed by atoms with Gasteiger partial charge in [-0.15, -0.1) is 0 Å². The van der Waals surface area contributed by atoms with Crippen molar-refractivity contribution in [2.24, 2.45) is 5.73 Å². The van der Waals surface area contributed by atoms with Crippen LogP contribution in [-0.4, -0.2) is 20.2 Å². The molecular weight excluding hydrogens is 384 g/mol. The van der Waals surface area contributed by atoms with Crippen LogP contribution in [0, 0.1) is 5.82 Å². The Kier molecular flexibility index (Phi) is 5.43. The first-order valence-corrected chi connectivity index (χ1v) is 7.50. The number of hydrogen-bond acceptors (Lipinski definition) is 5. The Balaban J connectivity index is 2.90. The van der Waals surface area contributed by atoms with Gasteiger partial charge in [0.2, 0.25) is 5.54 Å². The van der Waals surface area contributed by atoms with E-state index in [4.69, 9.17) is 38.4 Å². The highest BCUT2D eigenvalue weighted by Crippen LogP contribution is 2.47. The van der Waals surface area contributed by atoms with Gasteiger partial charge in [0.15, 0.2) is 0 Å². The second kappa shape index (κ2) is 7.05. The quantitative estimate of drug-likeness (QED) is 0.763. The minimum absolute atomic E-state index is 0.0572. The third kappa shape index (κ3) is 2.89. The molecule has 3 N–H and O–H groups in total. The molecule has 1 aromatic rings. The van der Waals surface area contributed by atoms with Crippen LogP contribution >= 0.6 is 23.2 Å². The summed E-state index contributed by atoms with van der Waals surface area (Å²) in [6, 6.07) is 0.524. The van der Waals surface area contributed by atoms with Crippen LogP contribution in [-0.2, 0) is 15.1 Å². The van der Waals surface area contributed by atoms with Crippen LogP contribution in [0.1, 0.15) is 17.6 Å². The van der Waals surface area contributed by atoms with Gasteiger partial charge in [-0.1, -0.05) is 23.2 Å². The van der Waals surface area contributed by atoms with Gasteiger partial charge in [0, 0.05) is 0 Å². The van der Waals surface area contributed by atoms with Gasteiger partial charge >= 0.3 is 5.97 Å². The van der Waals surface area contributed by atoms with Crippen LogP contribution < -0.4 is 15.8 Å². The molecule has 0 aliphatic carbocycles. The Morgan fingerprint density at radius 3 is 2.52 bits per heavy atom. The second-order valence-electron chi connectivity index (χ2n) is 4.96. The minimum Gasteiger partial charge on any atom is -0.495 e. The maximum atomic E-state index is 14.7.